The van der Waals surface area contributed by atoms with Gasteiger partial charge in [-0.2, -0.15) is 0 Å². The Morgan fingerprint density at radius 3 is 2.95 bits per heavy atom. The molecule has 1 aliphatic heterocycles. The van der Waals surface area contributed by atoms with Crippen LogP contribution in [-0.2, 0) is 14.3 Å². The van der Waals surface area contributed by atoms with Crippen LogP contribution in [0.1, 0.15) is 25.0 Å². The molecule has 1 aromatic heterocycles. The SMILES string of the molecule is CCOC(=O)[C@H]1C[C@H]1c1cc(Cl)cc(N2CCOCC2)n1. The summed E-state index contributed by atoms with van der Waals surface area (Å²) in [5.74, 6) is 0.823. The maximum Gasteiger partial charge on any atom is 0.309 e. The lowest BCUT2D eigenvalue weighted by atomic mass is 10.2. The van der Waals surface area contributed by atoms with Crippen LogP contribution in [0, 0.1) is 5.92 Å². The number of anilines is 1. The van der Waals surface area contributed by atoms with E-state index in [4.69, 9.17) is 26.1 Å². The summed E-state index contributed by atoms with van der Waals surface area (Å²) in [7, 11) is 0. The van der Waals surface area contributed by atoms with E-state index < -0.39 is 0 Å². The van der Waals surface area contributed by atoms with Gasteiger partial charge in [0.15, 0.2) is 0 Å². The number of aromatic nitrogens is 1. The first-order valence-corrected chi connectivity index (χ1v) is 7.73. The minimum Gasteiger partial charge on any atom is -0.466 e. The number of morpholine rings is 1. The summed E-state index contributed by atoms with van der Waals surface area (Å²) >= 11 is 6.22. The molecule has 114 valence electrons. The van der Waals surface area contributed by atoms with Crippen LogP contribution in [0.4, 0.5) is 5.82 Å². The van der Waals surface area contributed by atoms with Crippen molar-refractivity contribution in [2.75, 3.05) is 37.8 Å². The van der Waals surface area contributed by atoms with Crippen LogP contribution >= 0.6 is 11.6 Å². The first-order chi connectivity index (χ1) is 10.2. The summed E-state index contributed by atoms with van der Waals surface area (Å²) < 4.78 is 10.4. The molecule has 0 radical (unpaired) electrons. The van der Waals surface area contributed by atoms with Gasteiger partial charge in [-0.3, -0.25) is 4.79 Å². The van der Waals surface area contributed by atoms with Crippen molar-refractivity contribution in [2.24, 2.45) is 5.92 Å². The van der Waals surface area contributed by atoms with Crippen LogP contribution in [-0.4, -0.2) is 43.9 Å². The zero-order valence-corrected chi connectivity index (χ0v) is 12.8. The molecule has 0 aromatic carbocycles. The number of pyridine rings is 1. The normalized spacial score (nSPS) is 24.8. The van der Waals surface area contributed by atoms with Crippen LogP contribution in [0.25, 0.3) is 0 Å². The molecule has 6 heteroatoms. The Kier molecular flexibility index (Phi) is 4.31. The van der Waals surface area contributed by atoms with Crippen molar-refractivity contribution in [2.45, 2.75) is 19.3 Å². The lowest BCUT2D eigenvalue weighted by Crippen LogP contribution is -2.36. The Morgan fingerprint density at radius 2 is 2.24 bits per heavy atom. The number of hydrogen-bond acceptors (Lipinski definition) is 5. The molecule has 2 heterocycles. The standard InChI is InChI=1S/C15H19ClN2O3/c1-2-21-15(19)12-9-11(12)13-7-10(16)8-14(17-13)18-3-5-20-6-4-18/h7-8,11-12H,2-6,9H2,1H3/t11-,12+/m1/s1. The van der Waals surface area contributed by atoms with E-state index in [0.717, 1.165) is 31.0 Å². The Labute approximate surface area is 129 Å². The summed E-state index contributed by atoms with van der Waals surface area (Å²) in [4.78, 5) is 18.6. The summed E-state index contributed by atoms with van der Waals surface area (Å²) in [6.45, 7) is 5.29. The van der Waals surface area contributed by atoms with Gasteiger partial charge in [-0.1, -0.05) is 11.6 Å². The molecule has 3 rings (SSSR count). The molecule has 1 saturated carbocycles. The minimum absolute atomic E-state index is 0.0616. The number of esters is 1. The van der Waals surface area contributed by atoms with Crippen LogP contribution in [0.2, 0.25) is 5.02 Å². The second kappa shape index (κ2) is 6.20. The van der Waals surface area contributed by atoms with Gasteiger partial charge in [-0.05, 0) is 25.5 Å². The van der Waals surface area contributed by atoms with Gasteiger partial charge < -0.3 is 14.4 Å². The third-order valence-corrected chi connectivity index (χ3v) is 4.11. The molecule has 0 amide bonds. The highest BCUT2D eigenvalue weighted by molar-refractivity contribution is 6.30. The number of rotatable bonds is 4. The topological polar surface area (TPSA) is 51.7 Å². The molecule has 1 saturated heterocycles. The van der Waals surface area contributed by atoms with Crippen molar-refractivity contribution < 1.29 is 14.3 Å². The molecule has 1 aliphatic carbocycles. The van der Waals surface area contributed by atoms with Gasteiger partial charge >= 0.3 is 5.97 Å². The number of nitrogens with zero attached hydrogens (tertiary/aromatic N) is 2. The fraction of sp³-hybridized carbons (Fsp3) is 0.600. The van der Waals surface area contributed by atoms with Gasteiger partial charge in [0, 0.05) is 29.7 Å². The second-order valence-electron chi connectivity index (χ2n) is 5.37. The molecule has 0 unspecified atom stereocenters. The number of carbonyl (C=O) groups excluding carboxylic acids is 1. The molecule has 2 aliphatic rings. The van der Waals surface area contributed by atoms with E-state index >= 15 is 0 Å². The van der Waals surface area contributed by atoms with Crippen molar-refractivity contribution in [1.82, 2.24) is 4.98 Å². The highest BCUT2D eigenvalue weighted by Crippen LogP contribution is 2.48. The zero-order valence-electron chi connectivity index (χ0n) is 12.0. The average Bonchev–Trinajstić information content (AvgIpc) is 3.28. The number of halogens is 1. The Hall–Kier alpha value is -1.33. The second-order valence-corrected chi connectivity index (χ2v) is 5.81. The Bertz CT molecular complexity index is 532. The van der Waals surface area contributed by atoms with Crippen LogP contribution < -0.4 is 4.90 Å². The number of carbonyl (C=O) groups is 1. The maximum atomic E-state index is 11.8. The smallest absolute Gasteiger partial charge is 0.309 e. The average molecular weight is 311 g/mol. The predicted octanol–water partition coefficient (Wildman–Crippen LogP) is 2.24. The predicted molar refractivity (Wildman–Crippen MR) is 79.8 cm³/mol. The minimum atomic E-state index is -0.128. The molecular weight excluding hydrogens is 292 g/mol. The lowest BCUT2D eigenvalue weighted by Gasteiger charge is -2.28. The molecule has 2 atom stereocenters. The fourth-order valence-electron chi connectivity index (χ4n) is 2.68. The van der Waals surface area contributed by atoms with Crippen molar-refractivity contribution in [3.05, 3.63) is 22.8 Å². The zero-order chi connectivity index (χ0) is 14.8. The van der Waals surface area contributed by atoms with Gasteiger partial charge in [0.2, 0.25) is 0 Å². The molecule has 0 spiro atoms. The maximum absolute atomic E-state index is 11.8. The first kappa shape index (κ1) is 14.6. The van der Waals surface area contributed by atoms with Gasteiger partial charge in [0.05, 0.1) is 25.7 Å². The molecule has 21 heavy (non-hydrogen) atoms. The summed E-state index contributed by atoms with van der Waals surface area (Å²) in [6, 6.07) is 3.73. The fourth-order valence-corrected chi connectivity index (χ4v) is 2.89. The van der Waals surface area contributed by atoms with E-state index in [1.807, 2.05) is 19.1 Å². The Balaban J connectivity index is 1.74. The molecule has 0 N–H and O–H groups in total. The van der Waals surface area contributed by atoms with Crippen LogP contribution in [0.3, 0.4) is 0 Å². The summed E-state index contributed by atoms with van der Waals surface area (Å²) in [6.07, 6.45) is 0.800. The molecular formula is C15H19ClN2O3. The van der Waals surface area contributed by atoms with E-state index in [1.54, 1.807) is 0 Å². The first-order valence-electron chi connectivity index (χ1n) is 7.36. The third-order valence-electron chi connectivity index (χ3n) is 3.89. The molecule has 0 bridgehead atoms. The lowest BCUT2D eigenvalue weighted by molar-refractivity contribution is -0.144. The van der Waals surface area contributed by atoms with Gasteiger partial charge in [-0.25, -0.2) is 4.98 Å². The van der Waals surface area contributed by atoms with E-state index in [1.165, 1.54) is 0 Å². The molecule has 5 nitrogen and oxygen atoms in total. The molecule has 2 fully saturated rings. The van der Waals surface area contributed by atoms with Gasteiger partial charge in [0.25, 0.3) is 0 Å². The monoisotopic (exact) mass is 310 g/mol. The quantitative estimate of drug-likeness (QED) is 0.798. The molecule has 1 aromatic rings. The number of hydrogen-bond donors (Lipinski definition) is 0. The number of ether oxygens (including phenoxy) is 2. The summed E-state index contributed by atoms with van der Waals surface area (Å²) in [5.41, 5.74) is 0.891. The van der Waals surface area contributed by atoms with Crippen molar-refractivity contribution in [3.63, 3.8) is 0 Å². The van der Waals surface area contributed by atoms with Crippen molar-refractivity contribution >= 4 is 23.4 Å². The van der Waals surface area contributed by atoms with E-state index in [-0.39, 0.29) is 17.8 Å². The largest absolute Gasteiger partial charge is 0.466 e. The van der Waals surface area contributed by atoms with Crippen LogP contribution in [0.5, 0.6) is 0 Å². The summed E-state index contributed by atoms with van der Waals surface area (Å²) in [5, 5.41) is 0.663. The highest BCUT2D eigenvalue weighted by Gasteiger charge is 2.46. The van der Waals surface area contributed by atoms with E-state index in [9.17, 15) is 4.79 Å². The Morgan fingerprint density at radius 1 is 1.48 bits per heavy atom. The van der Waals surface area contributed by atoms with Crippen LogP contribution in [0.15, 0.2) is 12.1 Å². The van der Waals surface area contributed by atoms with Crippen molar-refractivity contribution in [3.8, 4) is 0 Å². The van der Waals surface area contributed by atoms with E-state index in [0.29, 0.717) is 24.8 Å². The van der Waals surface area contributed by atoms with Gasteiger partial charge in [-0.15, -0.1) is 0 Å². The third kappa shape index (κ3) is 3.30. The van der Waals surface area contributed by atoms with Gasteiger partial charge in [0.1, 0.15) is 5.82 Å². The highest BCUT2D eigenvalue weighted by atomic mass is 35.5. The van der Waals surface area contributed by atoms with Crippen molar-refractivity contribution in [1.29, 1.82) is 0 Å². The van der Waals surface area contributed by atoms with E-state index in [2.05, 4.69) is 4.90 Å².